The largest absolute Gasteiger partial charge is 0.381 e. The van der Waals surface area contributed by atoms with Gasteiger partial charge in [0.05, 0.1) is 6.10 Å². The van der Waals surface area contributed by atoms with E-state index in [9.17, 15) is 0 Å². The van der Waals surface area contributed by atoms with Crippen LogP contribution in [-0.4, -0.2) is 38.8 Å². The van der Waals surface area contributed by atoms with Gasteiger partial charge in [-0.1, -0.05) is 13.8 Å². The van der Waals surface area contributed by atoms with E-state index in [0.717, 1.165) is 17.9 Å². The first-order chi connectivity index (χ1) is 8.63. The lowest BCUT2D eigenvalue weighted by molar-refractivity contribution is -0.0795. The zero-order valence-electron chi connectivity index (χ0n) is 10.8. The predicted octanol–water partition coefficient (Wildman–Crippen LogP) is 1.35. The van der Waals surface area contributed by atoms with Gasteiger partial charge in [0.25, 0.3) is 0 Å². The topological polar surface area (TPSA) is 64.3 Å². The summed E-state index contributed by atoms with van der Waals surface area (Å²) in [7, 11) is 1.76. The lowest BCUT2D eigenvalue weighted by atomic mass is 9.64. The number of methoxy groups -OCH3 is 1. The maximum Gasteiger partial charge on any atom is 0.203 e. The van der Waals surface area contributed by atoms with Crippen molar-refractivity contribution in [2.75, 3.05) is 12.4 Å². The highest BCUT2D eigenvalue weighted by atomic mass is 16.5. The lowest BCUT2D eigenvalue weighted by Crippen LogP contribution is -2.57. The van der Waals surface area contributed by atoms with Crippen LogP contribution in [0.15, 0.2) is 18.7 Å². The van der Waals surface area contributed by atoms with Crippen LogP contribution < -0.4 is 5.32 Å². The standard InChI is InChI=1S/C12H17N5O/c1-12(2)8(6-9(12)18-3)15-10-11-16-14-7-17(11)5-4-13-10/h4-5,7-9H,6H2,1-3H3,(H,13,15). The molecule has 1 fully saturated rings. The number of nitrogens with one attached hydrogen (secondary N) is 1. The van der Waals surface area contributed by atoms with E-state index in [4.69, 9.17) is 4.74 Å². The summed E-state index contributed by atoms with van der Waals surface area (Å²) < 4.78 is 7.30. The SMILES string of the molecule is COC1CC(Nc2nccn3cnnc23)C1(C)C. The minimum Gasteiger partial charge on any atom is -0.381 e. The Morgan fingerprint density at radius 3 is 3.06 bits per heavy atom. The molecule has 1 aliphatic carbocycles. The molecule has 0 bridgehead atoms. The molecule has 0 saturated heterocycles. The highest BCUT2D eigenvalue weighted by Crippen LogP contribution is 2.43. The van der Waals surface area contributed by atoms with Gasteiger partial charge in [0.15, 0.2) is 5.82 Å². The van der Waals surface area contributed by atoms with Gasteiger partial charge in [0, 0.05) is 31.0 Å². The van der Waals surface area contributed by atoms with E-state index in [1.54, 1.807) is 19.6 Å². The van der Waals surface area contributed by atoms with Crippen LogP contribution in [0.2, 0.25) is 0 Å². The minimum atomic E-state index is 0.100. The Bertz CT molecular complexity index is 564. The van der Waals surface area contributed by atoms with Gasteiger partial charge in [-0.15, -0.1) is 10.2 Å². The van der Waals surface area contributed by atoms with Crippen LogP contribution in [-0.2, 0) is 4.74 Å². The molecule has 0 aromatic carbocycles. The van der Waals surface area contributed by atoms with E-state index in [1.165, 1.54) is 0 Å². The number of hydrogen-bond donors (Lipinski definition) is 1. The fourth-order valence-electron chi connectivity index (χ4n) is 2.56. The second kappa shape index (κ2) is 3.91. The normalized spacial score (nSPS) is 25.9. The molecule has 2 atom stereocenters. The molecule has 18 heavy (non-hydrogen) atoms. The fraction of sp³-hybridized carbons (Fsp3) is 0.583. The number of anilines is 1. The maximum absolute atomic E-state index is 5.45. The molecule has 0 amide bonds. The smallest absolute Gasteiger partial charge is 0.203 e. The molecule has 1 saturated carbocycles. The highest BCUT2D eigenvalue weighted by molar-refractivity contribution is 5.62. The molecule has 6 heteroatoms. The predicted molar refractivity (Wildman–Crippen MR) is 67.4 cm³/mol. The van der Waals surface area contributed by atoms with Gasteiger partial charge in [0.1, 0.15) is 6.33 Å². The summed E-state index contributed by atoms with van der Waals surface area (Å²) in [4.78, 5) is 4.34. The molecule has 1 N–H and O–H groups in total. The van der Waals surface area contributed by atoms with Gasteiger partial charge in [-0.3, -0.25) is 4.40 Å². The average Bonchev–Trinajstić information content (AvgIpc) is 2.82. The molecule has 1 aliphatic rings. The van der Waals surface area contributed by atoms with E-state index < -0.39 is 0 Å². The van der Waals surface area contributed by atoms with Crippen molar-refractivity contribution in [3.05, 3.63) is 18.7 Å². The first-order valence-electron chi connectivity index (χ1n) is 6.06. The summed E-state index contributed by atoms with van der Waals surface area (Å²) in [6.07, 6.45) is 6.54. The van der Waals surface area contributed by atoms with Crippen LogP contribution in [0, 0.1) is 5.41 Å². The average molecular weight is 247 g/mol. The molecule has 96 valence electrons. The molecule has 6 nitrogen and oxygen atoms in total. The molecule has 2 aromatic heterocycles. The second-order valence-electron chi connectivity index (χ2n) is 5.32. The zero-order chi connectivity index (χ0) is 12.8. The van der Waals surface area contributed by atoms with Gasteiger partial charge in [-0.2, -0.15) is 0 Å². The van der Waals surface area contributed by atoms with E-state index in [0.29, 0.717) is 12.1 Å². The molecule has 2 unspecified atom stereocenters. The molecule has 0 spiro atoms. The van der Waals surface area contributed by atoms with Gasteiger partial charge < -0.3 is 10.1 Å². The summed E-state index contributed by atoms with van der Waals surface area (Å²) in [6, 6.07) is 0.345. The van der Waals surface area contributed by atoms with E-state index in [-0.39, 0.29) is 5.41 Å². The van der Waals surface area contributed by atoms with Crippen molar-refractivity contribution in [1.82, 2.24) is 19.6 Å². The number of nitrogens with zero attached hydrogens (tertiary/aromatic N) is 4. The number of ether oxygens (including phenoxy) is 1. The van der Waals surface area contributed by atoms with Crippen molar-refractivity contribution in [3.8, 4) is 0 Å². The highest BCUT2D eigenvalue weighted by Gasteiger charge is 2.48. The van der Waals surface area contributed by atoms with Crippen LogP contribution in [0.25, 0.3) is 5.65 Å². The summed E-state index contributed by atoms with van der Waals surface area (Å²) in [5, 5.41) is 11.4. The van der Waals surface area contributed by atoms with Gasteiger partial charge >= 0.3 is 0 Å². The molecule has 3 rings (SSSR count). The molecule has 2 heterocycles. The van der Waals surface area contributed by atoms with Crippen molar-refractivity contribution in [2.45, 2.75) is 32.4 Å². The van der Waals surface area contributed by atoms with Crippen molar-refractivity contribution >= 4 is 11.5 Å². The third kappa shape index (κ3) is 1.56. The Morgan fingerprint density at radius 1 is 1.50 bits per heavy atom. The molecule has 0 aliphatic heterocycles. The number of hydrogen-bond acceptors (Lipinski definition) is 5. The van der Waals surface area contributed by atoms with Crippen molar-refractivity contribution < 1.29 is 4.74 Å². The van der Waals surface area contributed by atoms with Gasteiger partial charge in [0.2, 0.25) is 5.65 Å². The van der Waals surface area contributed by atoms with E-state index in [1.807, 2.05) is 10.6 Å². The van der Waals surface area contributed by atoms with Crippen LogP contribution in [0.1, 0.15) is 20.3 Å². The fourth-order valence-corrected chi connectivity index (χ4v) is 2.56. The summed E-state index contributed by atoms with van der Waals surface area (Å²) in [5.74, 6) is 0.780. The quantitative estimate of drug-likeness (QED) is 0.887. The number of aromatic nitrogens is 4. The van der Waals surface area contributed by atoms with Crippen molar-refractivity contribution in [3.63, 3.8) is 0 Å². The Kier molecular flexibility index (Phi) is 2.48. The Morgan fingerprint density at radius 2 is 2.33 bits per heavy atom. The Balaban J connectivity index is 1.84. The van der Waals surface area contributed by atoms with Gasteiger partial charge in [-0.05, 0) is 6.42 Å². The third-order valence-corrected chi connectivity index (χ3v) is 3.99. The zero-order valence-corrected chi connectivity index (χ0v) is 10.8. The van der Waals surface area contributed by atoms with Gasteiger partial charge in [-0.25, -0.2) is 4.98 Å². The van der Waals surface area contributed by atoms with E-state index in [2.05, 4.69) is 34.3 Å². The number of rotatable bonds is 3. The van der Waals surface area contributed by atoms with Crippen LogP contribution >= 0.6 is 0 Å². The Labute approximate surface area is 105 Å². The first-order valence-corrected chi connectivity index (χ1v) is 6.06. The minimum absolute atomic E-state index is 0.100. The maximum atomic E-state index is 5.45. The summed E-state index contributed by atoms with van der Waals surface area (Å²) in [6.45, 7) is 4.40. The monoisotopic (exact) mass is 247 g/mol. The number of fused-ring (bicyclic) bond motifs is 1. The second-order valence-corrected chi connectivity index (χ2v) is 5.32. The summed E-state index contributed by atoms with van der Waals surface area (Å²) in [5.41, 5.74) is 0.859. The molecule has 2 aromatic rings. The van der Waals surface area contributed by atoms with Crippen LogP contribution in [0.5, 0.6) is 0 Å². The Hall–Kier alpha value is -1.69. The van der Waals surface area contributed by atoms with E-state index >= 15 is 0 Å². The first kappa shape index (κ1) is 11.4. The molecule has 0 radical (unpaired) electrons. The lowest BCUT2D eigenvalue weighted by Gasteiger charge is -2.51. The van der Waals surface area contributed by atoms with Crippen LogP contribution in [0.4, 0.5) is 5.82 Å². The molecular weight excluding hydrogens is 230 g/mol. The van der Waals surface area contributed by atoms with Crippen molar-refractivity contribution in [2.24, 2.45) is 5.41 Å². The van der Waals surface area contributed by atoms with Crippen LogP contribution in [0.3, 0.4) is 0 Å². The third-order valence-electron chi connectivity index (χ3n) is 3.99. The molecular formula is C12H17N5O. The van der Waals surface area contributed by atoms with Crippen molar-refractivity contribution in [1.29, 1.82) is 0 Å². The summed E-state index contributed by atoms with van der Waals surface area (Å²) >= 11 is 0.